The van der Waals surface area contributed by atoms with Crippen molar-refractivity contribution >= 4 is 17.4 Å². The van der Waals surface area contributed by atoms with Crippen LogP contribution in [0, 0.1) is 25.6 Å². The van der Waals surface area contributed by atoms with Crippen LogP contribution < -0.4 is 5.01 Å². The Kier molecular flexibility index (Phi) is 6.85. The normalized spacial score (nSPS) is 17.1. The largest absolute Gasteiger partial charge is 0.481 e. The number of carbonyl (C=O) groups is 1. The molecule has 4 aromatic rings. The molecule has 1 aliphatic heterocycles. The molecule has 1 aliphatic rings. The van der Waals surface area contributed by atoms with E-state index in [1.165, 1.54) is 11.6 Å². The number of aliphatic carboxylic acids is 1. The molecule has 2 atom stereocenters. The number of carboxylic acids is 1. The molecule has 0 bridgehead atoms. The molecule has 7 heteroatoms. The molecule has 194 valence electrons. The molecule has 1 N–H and O–H groups in total. The Balaban J connectivity index is 1.37. The maximum atomic E-state index is 14.4. The van der Waals surface area contributed by atoms with Crippen molar-refractivity contribution in [1.29, 1.82) is 0 Å². The fourth-order valence-corrected chi connectivity index (χ4v) is 5.11. The molecule has 0 aliphatic carbocycles. The van der Waals surface area contributed by atoms with Crippen LogP contribution in [0.1, 0.15) is 41.3 Å². The number of nitrogens with zero attached hydrogens (tertiary/aromatic N) is 4. The van der Waals surface area contributed by atoms with Gasteiger partial charge < -0.3 is 5.11 Å². The van der Waals surface area contributed by atoms with Crippen LogP contribution in [0.3, 0.4) is 0 Å². The van der Waals surface area contributed by atoms with E-state index in [1.807, 2.05) is 68.5 Å². The van der Waals surface area contributed by atoms with Crippen molar-refractivity contribution in [1.82, 2.24) is 9.78 Å². The van der Waals surface area contributed by atoms with Crippen LogP contribution in [0.15, 0.2) is 78.0 Å². The van der Waals surface area contributed by atoms with Gasteiger partial charge in [-0.3, -0.25) is 14.5 Å². The van der Waals surface area contributed by atoms with Gasteiger partial charge in [-0.2, -0.15) is 10.2 Å². The first kappa shape index (κ1) is 25.4. The predicted octanol–water partition coefficient (Wildman–Crippen LogP) is 6.14. The summed E-state index contributed by atoms with van der Waals surface area (Å²) in [5.41, 5.74) is 8.32. The van der Waals surface area contributed by atoms with Crippen molar-refractivity contribution in [3.8, 4) is 11.1 Å². The molecule has 0 amide bonds. The van der Waals surface area contributed by atoms with E-state index in [-0.39, 0.29) is 24.2 Å². The van der Waals surface area contributed by atoms with Gasteiger partial charge >= 0.3 is 5.97 Å². The first-order chi connectivity index (χ1) is 18.2. The van der Waals surface area contributed by atoms with Gasteiger partial charge in [0.1, 0.15) is 11.5 Å². The molecule has 0 fully saturated rings. The average Bonchev–Trinajstić information content (AvgIpc) is 3.45. The highest BCUT2D eigenvalue weighted by molar-refractivity contribution is 6.03. The summed E-state index contributed by atoms with van der Waals surface area (Å²) in [4.78, 5) is 11.6. The van der Waals surface area contributed by atoms with E-state index in [4.69, 9.17) is 5.10 Å². The fourth-order valence-electron chi connectivity index (χ4n) is 5.11. The van der Waals surface area contributed by atoms with Crippen molar-refractivity contribution in [3.05, 3.63) is 107 Å². The van der Waals surface area contributed by atoms with Gasteiger partial charge in [-0.05, 0) is 72.9 Å². The standard InChI is InChI=1S/C31H31FN4O2/c1-19-5-12-27(32)26(15-19)24-9-8-23(20(2)16-24)17-22-6-10-25(11-7-22)36-29(18-30(37)38)21(3)31(34-36)28-13-14-35(4)33-28/h5-16,21,29H,17-18H2,1-4H3,(H,37,38). The number of anilines is 1. The second kappa shape index (κ2) is 10.2. The molecule has 0 radical (unpaired) electrons. The summed E-state index contributed by atoms with van der Waals surface area (Å²) in [7, 11) is 1.85. The number of benzene rings is 3. The van der Waals surface area contributed by atoms with Gasteiger partial charge in [0.05, 0.1) is 23.9 Å². The lowest BCUT2D eigenvalue weighted by Gasteiger charge is -2.25. The molecule has 38 heavy (non-hydrogen) atoms. The maximum absolute atomic E-state index is 14.4. The lowest BCUT2D eigenvalue weighted by molar-refractivity contribution is -0.137. The summed E-state index contributed by atoms with van der Waals surface area (Å²) in [6.07, 6.45) is 2.58. The number of hydrogen-bond donors (Lipinski definition) is 1. The van der Waals surface area contributed by atoms with Crippen LogP contribution in [0.4, 0.5) is 10.1 Å². The molecular formula is C31H31FN4O2. The van der Waals surface area contributed by atoms with Gasteiger partial charge in [-0.1, -0.05) is 48.9 Å². The minimum atomic E-state index is -0.856. The Hall–Kier alpha value is -4.26. The Labute approximate surface area is 222 Å². The molecule has 1 aromatic heterocycles. The number of carboxylic acid groups (broad SMARTS) is 1. The highest BCUT2D eigenvalue weighted by Gasteiger charge is 2.38. The lowest BCUT2D eigenvalue weighted by Crippen LogP contribution is -2.34. The molecule has 2 unspecified atom stereocenters. The van der Waals surface area contributed by atoms with E-state index in [0.717, 1.165) is 45.8 Å². The first-order valence-electron chi connectivity index (χ1n) is 12.7. The van der Waals surface area contributed by atoms with E-state index >= 15 is 0 Å². The second-order valence-electron chi connectivity index (χ2n) is 10.1. The number of aromatic nitrogens is 2. The van der Waals surface area contributed by atoms with Gasteiger partial charge in [-0.15, -0.1) is 0 Å². The van der Waals surface area contributed by atoms with Crippen LogP contribution in [-0.4, -0.2) is 32.6 Å². The van der Waals surface area contributed by atoms with Gasteiger partial charge in [0.2, 0.25) is 0 Å². The lowest BCUT2D eigenvalue weighted by atomic mass is 9.93. The minimum absolute atomic E-state index is 0.0180. The zero-order valence-corrected chi connectivity index (χ0v) is 22.0. The average molecular weight is 511 g/mol. The quantitative estimate of drug-likeness (QED) is 0.324. The van der Waals surface area contributed by atoms with Crippen molar-refractivity contribution in [2.75, 3.05) is 5.01 Å². The van der Waals surface area contributed by atoms with Crippen LogP contribution in [-0.2, 0) is 18.3 Å². The zero-order valence-electron chi connectivity index (χ0n) is 22.0. The summed E-state index contributed by atoms with van der Waals surface area (Å²) in [6, 6.07) is 21.0. The number of hydrazone groups is 1. The van der Waals surface area contributed by atoms with Gasteiger partial charge in [0.15, 0.2) is 0 Å². The van der Waals surface area contributed by atoms with Crippen molar-refractivity contribution in [2.45, 2.75) is 39.7 Å². The highest BCUT2D eigenvalue weighted by atomic mass is 19.1. The molecule has 3 aromatic carbocycles. The van der Waals surface area contributed by atoms with E-state index in [0.29, 0.717) is 5.56 Å². The molecule has 0 saturated heterocycles. The Morgan fingerprint density at radius 3 is 2.45 bits per heavy atom. The minimum Gasteiger partial charge on any atom is -0.481 e. The summed E-state index contributed by atoms with van der Waals surface area (Å²) in [6.45, 7) is 6.02. The van der Waals surface area contributed by atoms with Gasteiger partial charge in [-0.25, -0.2) is 4.39 Å². The van der Waals surface area contributed by atoms with Crippen molar-refractivity contribution in [3.63, 3.8) is 0 Å². The second-order valence-corrected chi connectivity index (χ2v) is 10.1. The van der Waals surface area contributed by atoms with E-state index in [1.54, 1.807) is 10.7 Å². The molecule has 0 saturated carbocycles. The summed E-state index contributed by atoms with van der Waals surface area (Å²) in [5.74, 6) is -1.16. The highest BCUT2D eigenvalue weighted by Crippen LogP contribution is 2.33. The van der Waals surface area contributed by atoms with Crippen LogP contribution in [0.25, 0.3) is 11.1 Å². The number of rotatable bonds is 7. The van der Waals surface area contributed by atoms with E-state index in [9.17, 15) is 14.3 Å². The number of hydrogen-bond acceptors (Lipinski definition) is 4. The third-order valence-corrected chi connectivity index (χ3v) is 7.27. The third kappa shape index (κ3) is 5.09. The molecule has 0 spiro atoms. The summed E-state index contributed by atoms with van der Waals surface area (Å²) < 4.78 is 16.1. The van der Waals surface area contributed by atoms with Crippen LogP contribution >= 0.6 is 0 Å². The molecule has 6 nitrogen and oxygen atoms in total. The number of halogens is 1. The monoisotopic (exact) mass is 510 g/mol. The third-order valence-electron chi connectivity index (χ3n) is 7.27. The summed E-state index contributed by atoms with van der Waals surface area (Å²) in [5, 5.41) is 20.7. The SMILES string of the molecule is Cc1ccc(F)c(-c2ccc(Cc3ccc(N4N=C(c5ccn(C)n5)C(C)C4CC(=O)O)cc3)c(C)c2)c1. The van der Waals surface area contributed by atoms with Crippen LogP contribution in [0.5, 0.6) is 0 Å². The Morgan fingerprint density at radius 2 is 1.79 bits per heavy atom. The fraction of sp³-hybridized carbons (Fsp3) is 0.258. The van der Waals surface area contributed by atoms with Crippen molar-refractivity contribution in [2.24, 2.45) is 18.1 Å². The number of aryl methyl sites for hydroxylation is 3. The smallest absolute Gasteiger partial charge is 0.305 e. The molecule has 2 heterocycles. The zero-order chi connectivity index (χ0) is 27.0. The topological polar surface area (TPSA) is 70.7 Å². The van der Waals surface area contributed by atoms with E-state index in [2.05, 4.69) is 30.2 Å². The molecule has 5 rings (SSSR count). The first-order valence-corrected chi connectivity index (χ1v) is 12.7. The summed E-state index contributed by atoms with van der Waals surface area (Å²) >= 11 is 0. The van der Waals surface area contributed by atoms with Crippen LogP contribution in [0.2, 0.25) is 0 Å². The van der Waals surface area contributed by atoms with Gasteiger partial charge in [0, 0.05) is 24.7 Å². The predicted molar refractivity (Wildman–Crippen MR) is 148 cm³/mol. The molecular weight excluding hydrogens is 479 g/mol. The Bertz CT molecular complexity index is 1520. The van der Waals surface area contributed by atoms with E-state index < -0.39 is 5.97 Å². The Morgan fingerprint density at radius 1 is 1.03 bits per heavy atom. The maximum Gasteiger partial charge on any atom is 0.305 e. The van der Waals surface area contributed by atoms with Crippen molar-refractivity contribution < 1.29 is 14.3 Å². The van der Waals surface area contributed by atoms with Gasteiger partial charge in [0.25, 0.3) is 0 Å².